The van der Waals surface area contributed by atoms with Crippen LogP contribution in [0, 0.1) is 6.92 Å². The molecule has 2 heterocycles. The minimum absolute atomic E-state index is 0.157. The predicted molar refractivity (Wildman–Crippen MR) is 116 cm³/mol. The molecule has 0 aliphatic heterocycles. The maximum absolute atomic E-state index is 13.3. The van der Waals surface area contributed by atoms with Crippen molar-refractivity contribution in [3.05, 3.63) is 84.3 Å². The molecule has 29 heavy (non-hydrogen) atoms. The second kappa shape index (κ2) is 7.69. The highest BCUT2D eigenvalue weighted by Gasteiger charge is 2.21. The maximum Gasteiger partial charge on any atom is 0.269 e. The fourth-order valence-corrected chi connectivity index (χ4v) is 4.64. The second-order valence-corrected chi connectivity index (χ2v) is 8.71. The van der Waals surface area contributed by atoms with Crippen LogP contribution in [0.5, 0.6) is 0 Å². The molecule has 0 radical (unpaired) electrons. The van der Waals surface area contributed by atoms with E-state index in [2.05, 4.69) is 15.6 Å². The largest absolute Gasteiger partial charge is 0.355 e. The van der Waals surface area contributed by atoms with E-state index in [1.807, 2.05) is 56.4 Å². The molecule has 0 fully saturated rings. The smallest absolute Gasteiger partial charge is 0.269 e. The van der Waals surface area contributed by atoms with E-state index in [4.69, 9.17) is 0 Å². The van der Waals surface area contributed by atoms with Crippen molar-refractivity contribution in [2.24, 2.45) is 0 Å². The third-order valence-electron chi connectivity index (χ3n) is 4.75. The summed E-state index contributed by atoms with van der Waals surface area (Å²) in [5.74, 6) is 0. The molecule has 0 aliphatic rings. The number of fused-ring (bicyclic) bond motifs is 1. The van der Waals surface area contributed by atoms with E-state index in [1.54, 1.807) is 24.5 Å². The van der Waals surface area contributed by atoms with Crippen LogP contribution in [-0.2, 0) is 16.6 Å². The quantitative estimate of drug-likeness (QED) is 0.505. The molecule has 0 saturated carbocycles. The van der Waals surface area contributed by atoms with Gasteiger partial charge in [-0.25, -0.2) is 12.4 Å². The monoisotopic (exact) mass is 406 g/mol. The van der Waals surface area contributed by atoms with E-state index in [1.165, 1.54) is 15.7 Å². The van der Waals surface area contributed by atoms with Crippen LogP contribution in [0.25, 0.3) is 10.9 Å². The fraction of sp³-hybridized carbons (Fsp3) is 0.136. The summed E-state index contributed by atoms with van der Waals surface area (Å²) in [6.07, 6.45) is 4.61. The minimum Gasteiger partial charge on any atom is -0.355 e. The van der Waals surface area contributed by atoms with Gasteiger partial charge in [-0.1, -0.05) is 23.8 Å². The van der Waals surface area contributed by atoms with Gasteiger partial charge in [0, 0.05) is 41.9 Å². The zero-order valence-electron chi connectivity index (χ0n) is 16.3. The van der Waals surface area contributed by atoms with Crippen molar-refractivity contribution >= 4 is 32.3 Å². The van der Waals surface area contributed by atoms with Gasteiger partial charge in [-0.05, 0) is 55.9 Å². The Morgan fingerprint density at radius 1 is 1.03 bits per heavy atom. The summed E-state index contributed by atoms with van der Waals surface area (Å²) in [5, 5.41) is 7.34. The number of pyridine rings is 1. The molecule has 0 amide bonds. The lowest BCUT2D eigenvalue weighted by Crippen LogP contribution is -2.12. The van der Waals surface area contributed by atoms with Crippen molar-refractivity contribution in [3.63, 3.8) is 0 Å². The number of hydrogen-bond donors (Lipinski definition) is 2. The van der Waals surface area contributed by atoms with Crippen LogP contribution >= 0.6 is 0 Å². The molecule has 7 heteroatoms. The van der Waals surface area contributed by atoms with Crippen LogP contribution in [0.15, 0.2) is 78.1 Å². The van der Waals surface area contributed by atoms with Crippen molar-refractivity contribution in [1.82, 2.24) is 14.3 Å². The van der Waals surface area contributed by atoms with Crippen LogP contribution in [-0.4, -0.2) is 24.4 Å². The second-order valence-electron chi connectivity index (χ2n) is 6.90. The van der Waals surface area contributed by atoms with Crippen molar-refractivity contribution < 1.29 is 8.42 Å². The summed E-state index contributed by atoms with van der Waals surface area (Å²) in [6, 6.07) is 17.0. The van der Waals surface area contributed by atoms with Crippen LogP contribution in [0.3, 0.4) is 0 Å². The zero-order chi connectivity index (χ0) is 20.4. The molecule has 148 valence electrons. The molecule has 4 rings (SSSR count). The molecule has 0 saturated heterocycles. The summed E-state index contributed by atoms with van der Waals surface area (Å²) in [4.78, 5) is 4.12. The van der Waals surface area contributed by atoms with Crippen molar-refractivity contribution in [1.29, 1.82) is 0 Å². The average molecular weight is 407 g/mol. The molecular formula is C22H22N4O2S. The lowest BCUT2D eigenvalue weighted by atomic mass is 10.1. The fourth-order valence-electron chi connectivity index (χ4n) is 3.29. The number of hydrogen-bond acceptors (Lipinski definition) is 5. The number of nitrogens with zero attached hydrogens (tertiary/aromatic N) is 2. The first kappa shape index (κ1) is 19.2. The molecule has 2 N–H and O–H groups in total. The molecule has 0 bridgehead atoms. The molecule has 6 nitrogen and oxygen atoms in total. The number of rotatable bonds is 6. The summed E-state index contributed by atoms with van der Waals surface area (Å²) in [7, 11) is -1.92. The Morgan fingerprint density at radius 3 is 2.48 bits per heavy atom. The van der Waals surface area contributed by atoms with E-state index in [-0.39, 0.29) is 4.90 Å². The highest BCUT2D eigenvalue weighted by atomic mass is 32.2. The summed E-state index contributed by atoms with van der Waals surface area (Å²) >= 11 is 0. The summed E-state index contributed by atoms with van der Waals surface area (Å²) in [6.45, 7) is 2.60. The van der Waals surface area contributed by atoms with Gasteiger partial charge < -0.3 is 10.6 Å². The maximum atomic E-state index is 13.3. The Kier molecular flexibility index (Phi) is 5.08. The van der Waals surface area contributed by atoms with E-state index >= 15 is 0 Å². The predicted octanol–water partition coefficient (Wildman–Crippen LogP) is 4.04. The lowest BCUT2D eigenvalue weighted by molar-refractivity contribution is 0.588. The van der Waals surface area contributed by atoms with E-state index < -0.39 is 10.0 Å². The third kappa shape index (κ3) is 3.74. The summed E-state index contributed by atoms with van der Waals surface area (Å²) < 4.78 is 27.8. The van der Waals surface area contributed by atoms with Crippen molar-refractivity contribution in [3.8, 4) is 0 Å². The first-order valence-corrected chi connectivity index (χ1v) is 10.7. The van der Waals surface area contributed by atoms with Gasteiger partial charge in [-0.2, -0.15) is 0 Å². The van der Waals surface area contributed by atoms with Gasteiger partial charge in [0.15, 0.2) is 0 Å². The Balaban J connectivity index is 1.84. The van der Waals surface area contributed by atoms with Crippen molar-refractivity contribution in [2.75, 3.05) is 12.4 Å². The highest BCUT2D eigenvalue weighted by molar-refractivity contribution is 7.90. The van der Waals surface area contributed by atoms with Gasteiger partial charge in [0.2, 0.25) is 0 Å². The van der Waals surface area contributed by atoms with Gasteiger partial charge in [0.1, 0.15) is 4.90 Å². The molecule has 0 unspecified atom stereocenters. The third-order valence-corrected chi connectivity index (χ3v) is 6.41. The Hall–Kier alpha value is -3.16. The standard InChI is InChI=1S/C22H22N4O2S/c1-16-5-7-18(8-6-16)25-19-9-10-21-17(13-23-2)15-26(22(21)12-19)29(27,28)20-4-3-11-24-14-20/h3-12,14-15,23,25H,13H2,1-2H3. The van der Waals surface area contributed by atoms with Gasteiger partial charge in [-0.15, -0.1) is 0 Å². The van der Waals surface area contributed by atoms with Crippen LogP contribution in [0.1, 0.15) is 11.1 Å². The van der Waals surface area contributed by atoms with E-state index in [9.17, 15) is 8.42 Å². The van der Waals surface area contributed by atoms with Crippen LogP contribution < -0.4 is 10.6 Å². The Labute approximate surface area is 170 Å². The molecule has 2 aromatic heterocycles. The minimum atomic E-state index is -3.76. The lowest BCUT2D eigenvalue weighted by Gasteiger charge is -2.10. The molecule has 0 aliphatic carbocycles. The first-order valence-electron chi connectivity index (χ1n) is 9.27. The van der Waals surface area contributed by atoms with Gasteiger partial charge in [0.25, 0.3) is 10.0 Å². The zero-order valence-corrected chi connectivity index (χ0v) is 17.1. The van der Waals surface area contributed by atoms with Crippen LogP contribution in [0.4, 0.5) is 11.4 Å². The Morgan fingerprint density at radius 2 is 1.79 bits per heavy atom. The summed E-state index contributed by atoms with van der Waals surface area (Å²) in [5.41, 5.74) is 4.48. The van der Waals surface area contributed by atoms with Gasteiger partial charge in [0.05, 0.1) is 5.52 Å². The normalized spacial score (nSPS) is 11.7. The number of anilines is 2. The van der Waals surface area contributed by atoms with Gasteiger partial charge >= 0.3 is 0 Å². The number of aryl methyl sites for hydroxylation is 1. The molecule has 4 aromatic rings. The molecular weight excluding hydrogens is 384 g/mol. The Bertz CT molecular complexity index is 1250. The SMILES string of the molecule is CNCc1cn(S(=O)(=O)c2cccnc2)c2cc(Nc3ccc(C)cc3)ccc12. The topological polar surface area (TPSA) is 76.0 Å². The molecule has 0 atom stereocenters. The molecule has 0 spiro atoms. The number of benzene rings is 2. The van der Waals surface area contributed by atoms with E-state index in [0.717, 1.165) is 22.3 Å². The van der Waals surface area contributed by atoms with Gasteiger partial charge in [-0.3, -0.25) is 4.98 Å². The van der Waals surface area contributed by atoms with Crippen LogP contribution in [0.2, 0.25) is 0 Å². The van der Waals surface area contributed by atoms with Crippen molar-refractivity contribution in [2.45, 2.75) is 18.4 Å². The van der Waals surface area contributed by atoms with E-state index in [0.29, 0.717) is 12.1 Å². The number of aromatic nitrogens is 2. The first-order chi connectivity index (χ1) is 14.0. The number of nitrogens with one attached hydrogen (secondary N) is 2. The highest BCUT2D eigenvalue weighted by Crippen LogP contribution is 2.29. The average Bonchev–Trinajstić information content (AvgIpc) is 3.09. The molecule has 2 aromatic carbocycles.